The van der Waals surface area contributed by atoms with Gasteiger partial charge < -0.3 is 10.4 Å². The summed E-state index contributed by atoms with van der Waals surface area (Å²) in [5.74, 6) is -1.45. The molecule has 5 nitrogen and oxygen atoms in total. The van der Waals surface area contributed by atoms with Crippen LogP contribution in [0.3, 0.4) is 0 Å². The summed E-state index contributed by atoms with van der Waals surface area (Å²) >= 11 is 6.19. The Hall–Kier alpha value is -2.40. The van der Waals surface area contributed by atoms with Crippen molar-refractivity contribution in [1.29, 1.82) is 0 Å². The first-order chi connectivity index (χ1) is 12.0. The minimum atomic E-state index is -1.21. The van der Waals surface area contributed by atoms with E-state index in [0.717, 1.165) is 30.5 Å². The molecule has 1 aliphatic carbocycles. The maximum Gasteiger partial charge on any atom is 0.329 e. The van der Waals surface area contributed by atoms with Crippen LogP contribution < -0.4 is 5.32 Å². The van der Waals surface area contributed by atoms with E-state index in [4.69, 9.17) is 11.6 Å². The number of nitrogens with one attached hydrogen (secondary N) is 1. The predicted octanol–water partition coefficient (Wildman–Crippen LogP) is 3.92. The van der Waals surface area contributed by atoms with E-state index in [1.807, 2.05) is 18.2 Å². The largest absolute Gasteiger partial charge is 0.480 e. The second-order valence-electron chi connectivity index (χ2n) is 6.31. The van der Waals surface area contributed by atoms with Gasteiger partial charge in [0.25, 0.3) is 5.91 Å². The molecule has 1 aromatic heterocycles. The van der Waals surface area contributed by atoms with Crippen LogP contribution in [0.2, 0.25) is 5.02 Å². The number of pyridine rings is 1. The van der Waals surface area contributed by atoms with Gasteiger partial charge in [-0.3, -0.25) is 9.78 Å². The van der Waals surface area contributed by atoms with Crippen molar-refractivity contribution >= 4 is 23.5 Å². The van der Waals surface area contributed by atoms with Gasteiger partial charge in [0.2, 0.25) is 0 Å². The van der Waals surface area contributed by atoms with E-state index in [1.54, 1.807) is 24.4 Å². The first-order valence-electron chi connectivity index (χ1n) is 8.29. The molecule has 0 unspecified atom stereocenters. The number of carboxylic acids is 1. The van der Waals surface area contributed by atoms with Crippen LogP contribution in [0, 0.1) is 0 Å². The van der Waals surface area contributed by atoms with Crippen molar-refractivity contribution in [2.45, 2.75) is 37.6 Å². The Morgan fingerprint density at radius 3 is 2.52 bits per heavy atom. The highest BCUT2D eigenvalue weighted by atomic mass is 35.5. The zero-order valence-electron chi connectivity index (χ0n) is 13.7. The summed E-state index contributed by atoms with van der Waals surface area (Å²) in [6, 6.07) is 10.6. The number of halogens is 1. The number of hydrogen-bond acceptors (Lipinski definition) is 3. The summed E-state index contributed by atoms with van der Waals surface area (Å²) in [6.07, 6.45) is 5.10. The number of rotatable bonds is 4. The van der Waals surface area contributed by atoms with Crippen LogP contribution in [-0.4, -0.2) is 27.5 Å². The van der Waals surface area contributed by atoms with Crippen LogP contribution in [0.5, 0.6) is 0 Å². The molecule has 0 atom stereocenters. The Morgan fingerprint density at radius 1 is 1.12 bits per heavy atom. The molecule has 1 fully saturated rings. The van der Waals surface area contributed by atoms with Crippen LogP contribution in [0.4, 0.5) is 0 Å². The fourth-order valence-electron chi connectivity index (χ4n) is 3.22. The molecule has 0 bridgehead atoms. The third kappa shape index (κ3) is 3.66. The number of benzene rings is 1. The van der Waals surface area contributed by atoms with Crippen molar-refractivity contribution < 1.29 is 14.7 Å². The summed E-state index contributed by atoms with van der Waals surface area (Å²) in [7, 11) is 0. The number of aromatic nitrogens is 1. The van der Waals surface area contributed by atoms with Crippen LogP contribution in [0.15, 0.2) is 42.6 Å². The molecule has 0 saturated heterocycles. The van der Waals surface area contributed by atoms with E-state index in [9.17, 15) is 14.7 Å². The Bertz CT molecular complexity index is 787. The Kier molecular flexibility index (Phi) is 5.04. The lowest BCUT2D eigenvalue weighted by Gasteiger charge is -2.34. The van der Waals surface area contributed by atoms with Crippen LogP contribution in [-0.2, 0) is 4.79 Å². The van der Waals surface area contributed by atoms with Crippen molar-refractivity contribution in [3.8, 4) is 11.3 Å². The summed E-state index contributed by atoms with van der Waals surface area (Å²) in [5, 5.41) is 12.6. The molecule has 2 aromatic rings. The number of hydrogen-bond donors (Lipinski definition) is 2. The zero-order valence-corrected chi connectivity index (χ0v) is 14.4. The van der Waals surface area contributed by atoms with Gasteiger partial charge in [-0.15, -0.1) is 0 Å². The number of aliphatic carboxylic acids is 1. The van der Waals surface area contributed by atoms with E-state index in [1.165, 1.54) is 0 Å². The molecule has 1 aliphatic rings. The molecule has 0 aliphatic heterocycles. The van der Waals surface area contributed by atoms with Gasteiger partial charge in [-0.2, -0.15) is 0 Å². The molecular weight excluding hydrogens is 340 g/mol. The van der Waals surface area contributed by atoms with E-state index in [-0.39, 0.29) is 10.6 Å². The van der Waals surface area contributed by atoms with Gasteiger partial charge in [-0.05, 0) is 37.1 Å². The Morgan fingerprint density at radius 2 is 1.88 bits per heavy atom. The van der Waals surface area contributed by atoms with Gasteiger partial charge in [0.15, 0.2) is 0 Å². The number of carbonyl (C=O) groups excluding carboxylic acids is 1. The molecule has 130 valence electrons. The fourth-order valence-corrected chi connectivity index (χ4v) is 3.43. The van der Waals surface area contributed by atoms with Gasteiger partial charge in [0, 0.05) is 11.8 Å². The number of nitrogens with zero attached hydrogens (tertiary/aromatic N) is 1. The molecule has 25 heavy (non-hydrogen) atoms. The fraction of sp³-hybridized carbons (Fsp3) is 0.316. The quantitative estimate of drug-likeness (QED) is 0.868. The summed E-state index contributed by atoms with van der Waals surface area (Å²) < 4.78 is 0. The molecular formula is C19H19ClN2O3. The first kappa shape index (κ1) is 17.4. The predicted molar refractivity (Wildman–Crippen MR) is 95.6 cm³/mol. The zero-order chi connectivity index (χ0) is 17.9. The van der Waals surface area contributed by atoms with Crippen molar-refractivity contribution in [3.63, 3.8) is 0 Å². The number of carbonyl (C=O) groups is 2. The highest BCUT2D eigenvalue weighted by Crippen LogP contribution is 2.30. The summed E-state index contributed by atoms with van der Waals surface area (Å²) in [5.41, 5.74) is 0.526. The average Bonchev–Trinajstić information content (AvgIpc) is 2.63. The SMILES string of the molecule is O=C(NC1(C(=O)O)CCCCC1)c1cc(-c2ccccn2)ccc1Cl. The molecule has 2 N–H and O–H groups in total. The van der Waals surface area contributed by atoms with Crippen molar-refractivity contribution in [3.05, 3.63) is 53.2 Å². The van der Waals surface area contributed by atoms with Crippen LogP contribution in [0.25, 0.3) is 11.3 Å². The van der Waals surface area contributed by atoms with Crippen molar-refractivity contribution in [2.24, 2.45) is 0 Å². The molecule has 1 saturated carbocycles. The molecule has 1 amide bonds. The van der Waals surface area contributed by atoms with Gasteiger partial charge in [-0.1, -0.05) is 43.0 Å². The maximum absolute atomic E-state index is 12.7. The van der Waals surface area contributed by atoms with Crippen molar-refractivity contribution in [2.75, 3.05) is 0 Å². The molecule has 0 spiro atoms. The molecule has 1 heterocycles. The first-order valence-corrected chi connectivity index (χ1v) is 8.66. The van der Waals surface area contributed by atoms with Crippen LogP contribution >= 0.6 is 11.6 Å². The van der Waals surface area contributed by atoms with E-state index in [0.29, 0.717) is 12.8 Å². The van der Waals surface area contributed by atoms with Gasteiger partial charge >= 0.3 is 5.97 Å². The second-order valence-corrected chi connectivity index (χ2v) is 6.72. The van der Waals surface area contributed by atoms with Crippen molar-refractivity contribution in [1.82, 2.24) is 10.3 Å². The average molecular weight is 359 g/mol. The lowest BCUT2D eigenvalue weighted by Crippen LogP contribution is -2.55. The lowest BCUT2D eigenvalue weighted by molar-refractivity contribution is -0.145. The monoisotopic (exact) mass is 358 g/mol. The number of amides is 1. The maximum atomic E-state index is 12.7. The smallest absolute Gasteiger partial charge is 0.329 e. The van der Waals surface area contributed by atoms with Gasteiger partial charge in [0.1, 0.15) is 5.54 Å². The highest BCUT2D eigenvalue weighted by Gasteiger charge is 2.41. The highest BCUT2D eigenvalue weighted by molar-refractivity contribution is 6.34. The number of carboxylic acid groups (broad SMARTS) is 1. The molecule has 1 aromatic carbocycles. The third-order valence-corrected chi connectivity index (χ3v) is 4.97. The summed E-state index contributed by atoms with van der Waals surface area (Å²) in [6.45, 7) is 0. The van der Waals surface area contributed by atoms with E-state index < -0.39 is 17.4 Å². The topological polar surface area (TPSA) is 79.3 Å². The third-order valence-electron chi connectivity index (χ3n) is 4.64. The summed E-state index contributed by atoms with van der Waals surface area (Å²) in [4.78, 5) is 28.8. The molecule has 3 rings (SSSR count). The minimum absolute atomic E-state index is 0.260. The standard InChI is InChI=1S/C19H19ClN2O3/c20-15-8-7-13(16-6-2-5-11-21-16)12-14(15)17(23)22-19(18(24)25)9-3-1-4-10-19/h2,5-8,11-12H,1,3-4,9-10H2,(H,22,23)(H,24,25). The van der Waals surface area contributed by atoms with E-state index >= 15 is 0 Å². The van der Waals surface area contributed by atoms with Gasteiger partial charge in [-0.25, -0.2) is 4.79 Å². The molecule has 6 heteroatoms. The van der Waals surface area contributed by atoms with Crippen LogP contribution in [0.1, 0.15) is 42.5 Å². The second kappa shape index (κ2) is 7.23. The minimum Gasteiger partial charge on any atom is -0.480 e. The Labute approximate surface area is 151 Å². The van der Waals surface area contributed by atoms with E-state index in [2.05, 4.69) is 10.3 Å². The normalized spacial score (nSPS) is 16.2. The molecule has 0 radical (unpaired) electrons. The lowest BCUT2D eigenvalue weighted by atomic mass is 9.81. The van der Waals surface area contributed by atoms with Gasteiger partial charge in [0.05, 0.1) is 16.3 Å². The Balaban J connectivity index is 1.90.